The third kappa shape index (κ3) is 2.81. The van der Waals surface area contributed by atoms with Gasteiger partial charge in [-0.05, 0) is 11.7 Å². The molecular weight excluding hydrogens is 218 g/mol. The van der Waals surface area contributed by atoms with Crippen LogP contribution in [-0.4, -0.2) is 26.3 Å². The van der Waals surface area contributed by atoms with Crippen molar-refractivity contribution in [3.05, 3.63) is 10.5 Å². The first-order valence-corrected chi connectivity index (χ1v) is 6.15. The first-order valence-electron chi connectivity index (χ1n) is 4.54. The molecule has 1 N–H and O–H groups in total. The van der Waals surface area contributed by atoms with Gasteiger partial charge in [-0.2, -0.15) is 12.6 Å². The van der Waals surface area contributed by atoms with Crippen LogP contribution in [0.15, 0.2) is 9.95 Å². The number of H-pyrrole nitrogens is 1. The molecule has 1 rings (SSSR count). The second-order valence-corrected chi connectivity index (χ2v) is 4.49. The summed E-state index contributed by atoms with van der Waals surface area (Å²) in [6, 6.07) is 0. The van der Waals surface area contributed by atoms with Crippen LogP contribution in [0.5, 0.6) is 0 Å². The molecule has 0 radical (unpaired) electrons. The number of aromatic nitrogens is 3. The highest BCUT2D eigenvalue weighted by molar-refractivity contribution is 7.99. The van der Waals surface area contributed by atoms with E-state index in [0.717, 1.165) is 23.1 Å². The lowest BCUT2D eigenvalue weighted by atomic mass is 10.2. The van der Waals surface area contributed by atoms with Crippen molar-refractivity contribution in [2.24, 2.45) is 13.0 Å². The molecule has 0 bridgehead atoms. The summed E-state index contributed by atoms with van der Waals surface area (Å²) in [5, 5.41) is 7.08. The average Bonchev–Trinajstić information content (AvgIpc) is 2.51. The van der Waals surface area contributed by atoms with Crippen molar-refractivity contribution in [3.8, 4) is 0 Å². The Hall–Kier alpha value is -0.360. The van der Waals surface area contributed by atoms with Crippen LogP contribution in [0, 0.1) is 5.92 Å². The van der Waals surface area contributed by atoms with E-state index in [1.165, 1.54) is 4.57 Å². The summed E-state index contributed by atoms with van der Waals surface area (Å²) in [6.07, 6.45) is 1.11. The largest absolute Gasteiger partial charge is 0.343 e. The van der Waals surface area contributed by atoms with Crippen LogP contribution in [0.4, 0.5) is 0 Å². The summed E-state index contributed by atoms with van der Waals surface area (Å²) in [6.45, 7) is 2.14. The highest BCUT2D eigenvalue weighted by atomic mass is 32.2. The van der Waals surface area contributed by atoms with Crippen molar-refractivity contribution in [1.82, 2.24) is 14.8 Å². The van der Waals surface area contributed by atoms with Crippen LogP contribution in [0.2, 0.25) is 0 Å². The van der Waals surface area contributed by atoms with Gasteiger partial charge in [-0.1, -0.05) is 25.1 Å². The van der Waals surface area contributed by atoms with E-state index in [0.29, 0.717) is 5.92 Å². The zero-order chi connectivity index (χ0) is 10.6. The van der Waals surface area contributed by atoms with E-state index >= 15 is 0 Å². The highest BCUT2D eigenvalue weighted by Gasteiger charge is 2.08. The number of aromatic amines is 1. The monoisotopic (exact) mass is 233 g/mol. The molecule has 0 saturated heterocycles. The lowest BCUT2D eigenvalue weighted by molar-refractivity contribution is 0.646. The molecule has 0 aliphatic carbocycles. The first kappa shape index (κ1) is 11.7. The minimum atomic E-state index is -0.161. The van der Waals surface area contributed by atoms with Gasteiger partial charge in [0.1, 0.15) is 0 Å². The zero-order valence-corrected chi connectivity index (χ0v) is 10.1. The molecule has 1 atom stereocenters. The first-order chi connectivity index (χ1) is 6.69. The van der Waals surface area contributed by atoms with Gasteiger partial charge in [0.2, 0.25) is 0 Å². The Balaban J connectivity index is 2.53. The summed E-state index contributed by atoms with van der Waals surface area (Å²) < 4.78 is 1.52. The molecule has 0 aliphatic rings. The van der Waals surface area contributed by atoms with Gasteiger partial charge < -0.3 is 0 Å². The molecule has 0 aliphatic heterocycles. The van der Waals surface area contributed by atoms with E-state index in [1.807, 2.05) is 0 Å². The van der Waals surface area contributed by atoms with Crippen LogP contribution in [0.3, 0.4) is 0 Å². The van der Waals surface area contributed by atoms with Crippen LogP contribution >= 0.6 is 24.4 Å². The molecular formula is C8H15N3OS2. The fraction of sp³-hybridized carbons (Fsp3) is 0.750. The minimum absolute atomic E-state index is 0.161. The lowest BCUT2D eigenvalue weighted by Crippen LogP contribution is -2.13. The van der Waals surface area contributed by atoms with Crippen LogP contribution < -0.4 is 5.69 Å². The molecule has 6 heteroatoms. The van der Waals surface area contributed by atoms with E-state index in [4.69, 9.17) is 0 Å². The molecule has 0 amide bonds. The van der Waals surface area contributed by atoms with Gasteiger partial charge in [0.15, 0.2) is 5.16 Å². The summed E-state index contributed by atoms with van der Waals surface area (Å²) in [7, 11) is 1.72. The van der Waals surface area contributed by atoms with E-state index in [9.17, 15) is 4.79 Å². The standard InChI is InChI=1S/C8H15N3OS2/c1-3-6(4-13)5-14-8-10-9-7(12)11(8)2/h6,13H,3-5H2,1-2H3,(H,9,12). The quantitative estimate of drug-likeness (QED) is 0.592. The molecule has 1 aromatic rings. The molecule has 0 fully saturated rings. The average molecular weight is 233 g/mol. The molecule has 4 nitrogen and oxygen atoms in total. The molecule has 0 aromatic carbocycles. The number of nitrogens with zero attached hydrogens (tertiary/aromatic N) is 2. The maximum atomic E-state index is 11.0. The zero-order valence-electron chi connectivity index (χ0n) is 8.36. The smallest absolute Gasteiger partial charge is 0.273 e. The SMILES string of the molecule is CCC(CS)CSc1n[nH]c(=O)n1C. The Morgan fingerprint density at radius 1 is 1.71 bits per heavy atom. The third-order valence-corrected chi connectivity index (χ3v) is 3.90. The lowest BCUT2D eigenvalue weighted by Gasteiger charge is -2.09. The minimum Gasteiger partial charge on any atom is -0.273 e. The molecule has 1 heterocycles. The third-order valence-electron chi connectivity index (χ3n) is 2.12. The van der Waals surface area contributed by atoms with E-state index in [2.05, 4.69) is 29.7 Å². The number of thioether (sulfide) groups is 1. The Labute approximate surface area is 92.9 Å². The van der Waals surface area contributed by atoms with Crippen LogP contribution in [0.25, 0.3) is 0 Å². The number of nitrogens with one attached hydrogen (secondary N) is 1. The molecule has 1 unspecified atom stereocenters. The molecule has 0 spiro atoms. The van der Waals surface area contributed by atoms with Crippen molar-refractivity contribution in [1.29, 1.82) is 0 Å². The van der Waals surface area contributed by atoms with Gasteiger partial charge in [0.25, 0.3) is 0 Å². The van der Waals surface area contributed by atoms with Gasteiger partial charge in [-0.3, -0.25) is 4.57 Å². The van der Waals surface area contributed by atoms with Gasteiger partial charge in [-0.15, -0.1) is 5.10 Å². The van der Waals surface area contributed by atoms with Crippen molar-refractivity contribution in [3.63, 3.8) is 0 Å². The maximum absolute atomic E-state index is 11.0. The highest BCUT2D eigenvalue weighted by Crippen LogP contribution is 2.18. The molecule has 14 heavy (non-hydrogen) atoms. The van der Waals surface area contributed by atoms with Gasteiger partial charge in [0, 0.05) is 12.8 Å². The van der Waals surface area contributed by atoms with Gasteiger partial charge in [-0.25, -0.2) is 9.89 Å². The number of thiol groups is 1. The molecule has 80 valence electrons. The maximum Gasteiger partial charge on any atom is 0.343 e. The van der Waals surface area contributed by atoms with E-state index < -0.39 is 0 Å². The number of rotatable bonds is 5. The second kappa shape index (κ2) is 5.50. The number of hydrogen-bond donors (Lipinski definition) is 2. The fourth-order valence-corrected chi connectivity index (χ4v) is 2.64. The van der Waals surface area contributed by atoms with Crippen molar-refractivity contribution < 1.29 is 0 Å². The Kier molecular flexibility index (Phi) is 4.60. The Morgan fingerprint density at radius 3 is 2.86 bits per heavy atom. The van der Waals surface area contributed by atoms with Gasteiger partial charge >= 0.3 is 5.69 Å². The predicted molar refractivity (Wildman–Crippen MR) is 62.2 cm³/mol. The van der Waals surface area contributed by atoms with E-state index in [1.54, 1.807) is 18.8 Å². The van der Waals surface area contributed by atoms with Crippen molar-refractivity contribution in [2.75, 3.05) is 11.5 Å². The van der Waals surface area contributed by atoms with Crippen molar-refractivity contribution in [2.45, 2.75) is 18.5 Å². The summed E-state index contributed by atoms with van der Waals surface area (Å²) in [5.41, 5.74) is -0.161. The number of hydrogen-bond acceptors (Lipinski definition) is 4. The van der Waals surface area contributed by atoms with Crippen molar-refractivity contribution >= 4 is 24.4 Å². The summed E-state index contributed by atoms with van der Waals surface area (Å²) in [5.74, 6) is 2.41. The summed E-state index contributed by atoms with van der Waals surface area (Å²) >= 11 is 5.86. The second-order valence-electron chi connectivity index (χ2n) is 3.14. The normalized spacial score (nSPS) is 13.1. The molecule has 1 aromatic heterocycles. The van der Waals surface area contributed by atoms with Gasteiger partial charge in [0.05, 0.1) is 0 Å². The Morgan fingerprint density at radius 2 is 2.43 bits per heavy atom. The Bertz CT molecular complexity index is 330. The summed E-state index contributed by atoms with van der Waals surface area (Å²) in [4.78, 5) is 11.0. The predicted octanol–water partition coefficient (Wildman–Crippen LogP) is 1.16. The van der Waals surface area contributed by atoms with Crippen LogP contribution in [0.1, 0.15) is 13.3 Å². The topological polar surface area (TPSA) is 50.7 Å². The molecule has 0 saturated carbocycles. The fourth-order valence-electron chi connectivity index (χ4n) is 0.954. The van der Waals surface area contributed by atoms with E-state index in [-0.39, 0.29) is 5.69 Å². The van der Waals surface area contributed by atoms with Crippen LogP contribution in [-0.2, 0) is 7.05 Å².